The summed E-state index contributed by atoms with van der Waals surface area (Å²) in [6.45, 7) is 3.41. The molecular weight excluding hydrogens is 282 g/mol. The van der Waals surface area contributed by atoms with Crippen molar-refractivity contribution in [3.63, 3.8) is 0 Å². The van der Waals surface area contributed by atoms with Crippen LogP contribution in [-0.4, -0.2) is 31.4 Å². The number of anilines is 1. The molecule has 1 fully saturated rings. The van der Waals surface area contributed by atoms with Crippen LogP contribution >= 0.6 is 15.9 Å². The van der Waals surface area contributed by atoms with Crippen LogP contribution < -0.4 is 4.90 Å². The average molecular weight is 300 g/mol. The molecule has 0 aromatic heterocycles. The summed E-state index contributed by atoms with van der Waals surface area (Å²) in [5.41, 5.74) is 2.07. The van der Waals surface area contributed by atoms with Crippen molar-refractivity contribution in [1.82, 2.24) is 0 Å². The van der Waals surface area contributed by atoms with E-state index < -0.39 is 6.10 Å². The number of hydrogen-bond acceptors (Lipinski definition) is 3. The first-order chi connectivity index (χ1) is 8.09. The number of aliphatic hydroxyl groups excluding tert-OH is 1. The molecule has 0 saturated carbocycles. The van der Waals surface area contributed by atoms with E-state index in [0.717, 1.165) is 35.4 Å². The van der Waals surface area contributed by atoms with Gasteiger partial charge in [0.15, 0.2) is 0 Å². The Kier molecular flexibility index (Phi) is 4.07. The van der Waals surface area contributed by atoms with Crippen LogP contribution in [0.15, 0.2) is 22.7 Å². The lowest BCUT2D eigenvalue weighted by atomic mass is 10.1. The van der Waals surface area contributed by atoms with E-state index >= 15 is 0 Å². The van der Waals surface area contributed by atoms with Crippen LogP contribution in [0.3, 0.4) is 0 Å². The van der Waals surface area contributed by atoms with E-state index in [4.69, 9.17) is 4.74 Å². The summed E-state index contributed by atoms with van der Waals surface area (Å²) >= 11 is 3.57. The largest absolute Gasteiger partial charge is 0.389 e. The van der Waals surface area contributed by atoms with E-state index in [1.807, 2.05) is 18.2 Å². The van der Waals surface area contributed by atoms with Gasteiger partial charge in [-0.25, -0.2) is 0 Å². The Labute approximate surface area is 111 Å². The van der Waals surface area contributed by atoms with Gasteiger partial charge in [-0.2, -0.15) is 0 Å². The van der Waals surface area contributed by atoms with Gasteiger partial charge in [0.25, 0.3) is 0 Å². The Morgan fingerprint density at radius 2 is 2.29 bits per heavy atom. The summed E-state index contributed by atoms with van der Waals surface area (Å²) in [6, 6.07) is 6.44. The predicted molar refractivity (Wildman–Crippen MR) is 72.4 cm³/mol. The molecule has 1 unspecified atom stereocenters. The first-order valence-corrected chi connectivity index (χ1v) is 6.67. The third-order valence-electron chi connectivity index (χ3n) is 3.29. The zero-order chi connectivity index (χ0) is 12.4. The normalized spacial score (nSPS) is 21.5. The molecule has 2 rings (SSSR count). The number of ether oxygens (including phenoxy) is 1. The van der Waals surface area contributed by atoms with E-state index in [0.29, 0.717) is 6.04 Å². The number of likely N-dealkylation sites (N-methyl/N-ethyl adjacent to an activating group) is 1. The molecule has 0 aliphatic carbocycles. The molecule has 1 heterocycles. The minimum atomic E-state index is -0.430. The van der Waals surface area contributed by atoms with Gasteiger partial charge in [0, 0.05) is 18.1 Å². The molecular formula is C13H18BrNO2. The van der Waals surface area contributed by atoms with Gasteiger partial charge in [-0.05, 0) is 47.0 Å². The zero-order valence-corrected chi connectivity index (χ0v) is 11.8. The summed E-state index contributed by atoms with van der Waals surface area (Å²) in [5.74, 6) is 0. The Morgan fingerprint density at radius 3 is 2.82 bits per heavy atom. The second-order valence-electron chi connectivity index (χ2n) is 4.52. The SMILES string of the molecule is C[C@H](O)c1ccc(N(C)C2CCOC2)c(Br)c1. The van der Waals surface area contributed by atoms with Crippen molar-refractivity contribution in [2.24, 2.45) is 0 Å². The number of benzene rings is 1. The monoisotopic (exact) mass is 299 g/mol. The fourth-order valence-corrected chi connectivity index (χ4v) is 2.77. The van der Waals surface area contributed by atoms with Crippen molar-refractivity contribution in [1.29, 1.82) is 0 Å². The molecule has 1 aliphatic heterocycles. The third kappa shape index (κ3) is 2.81. The molecule has 2 atom stereocenters. The van der Waals surface area contributed by atoms with Gasteiger partial charge in [0.05, 0.1) is 24.4 Å². The van der Waals surface area contributed by atoms with Gasteiger partial charge in [0.1, 0.15) is 0 Å². The topological polar surface area (TPSA) is 32.7 Å². The Bertz CT molecular complexity index is 389. The van der Waals surface area contributed by atoms with Crippen LogP contribution in [0.1, 0.15) is 25.0 Å². The zero-order valence-electron chi connectivity index (χ0n) is 10.2. The average Bonchev–Trinajstić information content (AvgIpc) is 2.81. The van der Waals surface area contributed by atoms with Gasteiger partial charge >= 0.3 is 0 Å². The first kappa shape index (κ1) is 12.9. The molecule has 0 bridgehead atoms. The molecule has 17 heavy (non-hydrogen) atoms. The van der Waals surface area contributed by atoms with Crippen molar-refractivity contribution >= 4 is 21.6 Å². The maximum absolute atomic E-state index is 9.53. The first-order valence-electron chi connectivity index (χ1n) is 5.87. The van der Waals surface area contributed by atoms with Crippen LogP contribution in [0, 0.1) is 0 Å². The van der Waals surface area contributed by atoms with Crippen LogP contribution in [-0.2, 0) is 4.74 Å². The van der Waals surface area contributed by atoms with Crippen LogP contribution in [0.5, 0.6) is 0 Å². The molecule has 1 aliphatic rings. The summed E-state index contributed by atoms with van der Waals surface area (Å²) in [5, 5.41) is 9.53. The summed E-state index contributed by atoms with van der Waals surface area (Å²) in [7, 11) is 2.08. The van der Waals surface area contributed by atoms with E-state index in [9.17, 15) is 5.11 Å². The van der Waals surface area contributed by atoms with E-state index in [2.05, 4.69) is 27.9 Å². The predicted octanol–water partition coefficient (Wildman–Crippen LogP) is 2.73. The van der Waals surface area contributed by atoms with Gasteiger partial charge in [0.2, 0.25) is 0 Å². The van der Waals surface area contributed by atoms with Crippen molar-refractivity contribution in [3.05, 3.63) is 28.2 Å². The highest BCUT2D eigenvalue weighted by atomic mass is 79.9. The lowest BCUT2D eigenvalue weighted by molar-refractivity contribution is 0.193. The van der Waals surface area contributed by atoms with Crippen LogP contribution in [0.4, 0.5) is 5.69 Å². The molecule has 0 spiro atoms. The Morgan fingerprint density at radius 1 is 1.53 bits per heavy atom. The number of aliphatic hydroxyl groups is 1. The summed E-state index contributed by atoms with van der Waals surface area (Å²) in [6.07, 6.45) is 0.640. The van der Waals surface area contributed by atoms with Crippen molar-refractivity contribution in [2.45, 2.75) is 25.5 Å². The van der Waals surface area contributed by atoms with Crippen LogP contribution in [0.25, 0.3) is 0 Å². The van der Waals surface area contributed by atoms with Gasteiger partial charge in [-0.15, -0.1) is 0 Å². The van der Waals surface area contributed by atoms with Crippen molar-refractivity contribution in [3.8, 4) is 0 Å². The molecule has 4 heteroatoms. The fraction of sp³-hybridized carbons (Fsp3) is 0.538. The molecule has 1 saturated heterocycles. The van der Waals surface area contributed by atoms with Crippen molar-refractivity contribution < 1.29 is 9.84 Å². The summed E-state index contributed by atoms with van der Waals surface area (Å²) < 4.78 is 6.42. The summed E-state index contributed by atoms with van der Waals surface area (Å²) in [4.78, 5) is 2.24. The van der Waals surface area contributed by atoms with E-state index in [-0.39, 0.29) is 0 Å². The minimum Gasteiger partial charge on any atom is -0.389 e. The van der Waals surface area contributed by atoms with Crippen LogP contribution in [0.2, 0.25) is 0 Å². The van der Waals surface area contributed by atoms with Gasteiger partial charge < -0.3 is 14.7 Å². The fourth-order valence-electron chi connectivity index (χ4n) is 2.09. The number of nitrogens with zero attached hydrogens (tertiary/aromatic N) is 1. The Hall–Kier alpha value is -0.580. The third-order valence-corrected chi connectivity index (χ3v) is 3.92. The highest BCUT2D eigenvalue weighted by Crippen LogP contribution is 2.31. The number of hydrogen-bond donors (Lipinski definition) is 1. The molecule has 94 valence electrons. The second kappa shape index (κ2) is 5.38. The highest BCUT2D eigenvalue weighted by molar-refractivity contribution is 9.10. The maximum Gasteiger partial charge on any atom is 0.0762 e. The maximum atomic E-state index is 9.53. The molecule has 3 nitrogen and oxygen atoms in total. The lowest BCUT2D eigenvalue weighted by Crippen LogP contribution is -2.32. The van der Waals surface area contributed by atoms with Gasteiger partial charge in [-0.1, -0.05) is 6.07 Å². The lowest BCUT2D eigenvalue weighted by Gasteiger charge is -2.27. The van der Waals surface area contributed by atoms with Gasteiger partial charge in [-0.3, -0.25) is 0 Å². The standard InChI is InChI=1S/C13H18BrNO2/c1-9(16)10-3-4-13(12(14)7-10)15(2)11-5-6-17-8-11/h3-4,7,9,11,16H,5-6,8H2,1-2H3/t9-,11?/m0/s1. The quantitative estimate of drug-likeness (QED) is 0.931. The smallest absolute Gasteiger partial charge is 0.0762 e. The number of rotatable bonds is 3. The number of halogens is 1. The van der Waals surface area contributed by atoms with Crippen molar-refractivity contribution in [2.75, 3.05) is 25.2 Å². The minimum absolute atomic E-state index is 0.430. The highest BCUT2D eigenvalue weighted by Gasteiger charge is 2.22. The molecule has 1 aromatic rings. The molecule has 1 N–H and O–H groups in total. The molecule has 1 aromatic carbocycles. The van der Waals surface area contributed by atoms with E-state index in [1.165, 1.54) is 0 Å². The van der Waals surface area contributed by atoms with E-state index in [1.54, 1.807) is 6.92 Å². The Balaban J connectivity index is 2.20. The molecule has 0 amide bonds. The molecule has 0 radical (unpaired) electrons. The second-order valence-corrected chi connectivity index (χ2v) is 5.37.